The average molecular weight is 281 g/mol. The second-order valence-electron chi connectivity index (χ2n) is 6.61. The van der Waals surface area contributed by atoms with Crippen molar-refractivity contribution >= 4 is 11.6 Å². The lowest BCUT2D eigenvalue weighted by molar-refractivity contribution is 0.0627. The maximum absolute atomic E-state index is 6.09. The van der Waals surface area contributed by atoms with Crippen molar-refractivity contribution in [3.8, 4) is 0 Å². The van der Waals surface area contributed by atoms with Crippen LogP contribution in [0.4, 0.5) is 0 Å². The minimum absolute atomic E-state index is 0.184. The van der Waals surface area contributed by atoms with Crippen LogP contribution < -0.4 is 5.32 Å². The van der Waals surface area contributed by atoms with Crippen LogP contribution >= 0.6 is 11.6 Å². The average Bonchev–Trinajstić information content (AvgIpc) is 2.27. The Morgan fingerprint density at radius 2 is 2.16 bits per heavy atom. The smallest absolute Gasteiger partial charge is 0.0409 e. The molecular formula is C16H25ClN2. The third kappa shape index (κ3) is 3.95. The van der Waals surface area contributed by atoms with Crippen molar-refractivity contribution in [3.05, 3.63) is 34.9 Å². The molecule has 0 saturated carbocycles. The minimum Gasteiger partial charge on any atom is -0.309 e. The van der Waals surface area contributed by atoms with Crippen LogP contribution in [0.25, 0.3) is 0 Å². The molecule has 1 aromatic rings. The molecule has 0 radical (unpaired) electrons. The van der Waals surface area contributed by atoms with E-state index in [0.29, 0.717) is 12.0 Å². The van der Waals surface area contributed by atoms with Gasteiger partial charge in [0.25, 0.3) is 0 Å². The first-order valence-corrected chi connectivity index (χ1v) is 7.49. The van der Waals surface area contributed by atoms with Gasteiger partial charge < -0.3 is 5.32 Å². The molecule has 1 heterocycles. The van der Waals surface area contributed by atoms with Gasteiger partial charge in [0.1, 0.15) is 0 Å². The van der Waals surface area contributed by atoms with Gasteiger partial charge in [-0.15, -0.1) is 0 Å². The van der Waals surface area contributed by atoms with Crippen molar-refractivity contribution in [3.63, 3.8) is 0 Å². The lowest BCUT2D eigenvalue weighted by Crippen LogP contribution is -2.62. The first kappa shape index (κ1) is 14.8. The van der Waals surface area contributed by atoms with Gasteiger partial charge in [0.15, 0.2) is 0 Å². The monoisotopic (exact) mass is 280 g/mol. The Morgan fingerprint density at radius 3 is 2.79 bits per heavy atom. The highest BCUT2D eigenvalue weighted by Gasteiger charge is 2.33. The normalized spacial score (nSPS) is 23.8. The number of piperazine rings is 1. The van der Waals surface area contributed by atoms with E-state index in [1.54, 1.807) is 0 Å². The Labute approximate surface area is 122 Å². The van der Waals surface area contributed by atoms with E-state index in [1.807, 2.05) is 12.1 Å². The molecule has 2 rings (SSSR count). The van der Waals surface area contributed by atoms with Crippen LogP contribution in [0.2, 0.25) is 5.02 Å². The van der Waals surface area contributed by atoms with E-state index in [9.17, 15) is 0 Å². The van der Waals surface area contributed by atoms with Crippen LogP contribution in [0.3, 0.4) is 0 Å². The minimum atomic E-state index is 0.184. The summed E-state index contributed by atoms with van der Waals surface area (Å²) in [5.41, 5.74) is 1.49. The van der Waals surface area contributed by atoms with Crippen molar-refractivity contribution in [2.45, 2.75) is 45.8 Å². The van der Waals surface area contributed by atoms with Crippen molar-refractivity contribution in [1.29, 1.82) is 0 Å². The summed E-state index contributed by atoms with van der Waals surface area (Å²) in [4.78, 5) is 2.59. The van der Waals surface area contributed by atoms with Crippen LogP contribution in [-0.4, -0.2) is 29.6 Å². The largest absolute Gasteiger partial charge is 0.309 e. The van der Waals surface area contributed by atoms with Crippen LogP contribution in [0.1, 0.15) is 33.3 Å². The molecule has 3 heteroatoms. The van der Waals surface area contributed by atoms with Crippen molar-refractivity contribution in [2.75, 3.05) is 13.1 Å². The summed E-state index contributed by atoms with van der Waals surface area (Å²) < 4.78 is 0. The lowest BCUT2D eigenvalue weighted by atomic mass is 9.92. The van der Waals surface area contributed by atoms with E-state index >= 15 is 0 Å². The van der Waals surface area contributed by atoms with Crippen molar-refractivity contribution < 1.29 is 0 Å². The summed E-state index contributed by atoms with van der Waals surface area (Å²) >= 11 is 6.09. The van der Waals surface area contributed by atoms with E-state index in [0.717, 1.165) is 24.7 Å². The Bertz CT molecular complexity index is 429. The number of benzene rings is 1. The van der Waals surface area contributed by atoms with Crippen LogP contribution in [0.5, 0.6) is 0 Å². The maximum Gasteiger partial charge on any atom is 0.0409 e. The van der Waals surface area contributed by atoms with Crippen LogP contribution in [0.15, 0.2) is 24.3 Å². The topological polar surface area (TPSA) is 15.3 Å². The Kier molecular flexibility index (Phi) is 4.54. The number of hydrogen-bond donors (Lipinski definition) is 1. The number of nitrogens with zero attached hydrogens (tertiary/aromatic N) is 1. The summed E-state index contributed by atoms with van der Waals surface area (Å²) in [6, 6.07) is 8.81. The lowest BCUT2D eigenvalue weighted by Gasteiger charge is -2.46. The molecule has 0 aromatic heterocycles. The van der Waals surface area contributed by atoms with Crippen molar-refractivity contribution in [2.24, 2.45) is 5.92 Å². The highest BCUT2D eigenvalue weighted by molar-refractivity contribution is 6.30. The zero-order valence-electron chi connectivity index (χ0n) is 12.4. The third-order valence-corrected chi connectivity index (χ3v) is 4.14. The third-order valence-electron chi connectivity index (χ3n) is 3.90. The van der Waals surface area contributed by atoms with Gasteiger partial charge in [0.2, 0.25) is 0 Å². The second kappa shape index (κ2) is 5.82. The molecular weight excluding hydrogens is 256 g/mol. The molecule has 2 nitrogen and oxygen atoms in total. The molecule has 1 fully saturated rings. The highest BCUT2D eigenvalue weighted by atomic mass is 35.5. The van der Waals surface area contributed by atoms with E-state index in [4.69, 9.17) is 11.6 Å². The van der Waals surface area contributed by atoms with Gasteiger partial charge in [-0.2, -0.15) is 0 Å². The molecule has 1 aromatic carbocycles. The van der Waals surface area contributed by atoms with Crippen molar-refractivity contribution in [1.82, 2.24) is 10.2 Å². The first-order valence-electron chi connectivity index (χ1n) is 7.11. The second-order valence-corrected chi connectivity index (χ2v) is 7.05. The summed E-state index contributed by atoms with van der Waals surface area (Å²) in [5.74, 6) is 0.655. The number of hydrogen-bond acceptors (Lipinski definition) is 2. The molecule has 106 valence electrons. The van der Waals surface area contributed by atoms with E-state index in [1.165, 1.54) is 5.56 Å². The van der Waals surface area contributed by atoms with Gasteiger partial charge >= 0.3 is 0 Å². The predicted octanol–water partition coefficient (Wildman–Crippen LogP) is 3.55. The predicted molar refractivity (Wildman–Crippen MR) is 82.6 cm³/mol. The fraction of sp³-hybridized carbons (Fsp3) is 0.625. The summed E-state index contributed by atoms with van der Waals surface area (Å²) in [6.45, 7) is 12.3. The first-order chi connectivity index (χ1) is 8.87. The Hall–Kier alpha value is -0.570. The standard InChI is InChI=1S/C16H25ClN2/c1-12(2)15-9-18-16(3,4)11-19(15)10-13-6-5-7-14(17)8-13/h5-8,12,15,18H,9-11H2,1-4H3. The molecule has 0 amide bonds. The molecule has 0 spiro atoms. The number of nitrogens with one attached hydrogen (secondary N) is 1. The molecule has 0 bridgehead atoms. The van der Waals surface area contributed by atoms with Gasteiger partial charge in [-0.3, -0.25) is 4.90 Å². The SMILES string of the molecule is CC(C)C1CNC(C)(C)CN1Cc1cccc(Cl)c1. The maximum atomic E-state index is 6.09. The number of rotatable bonds is 3. The van der Waals surface area contributed by atoms with Crippen LogP contribution in [0, 0.1) is 5.92 Å². The van der Waals surface area contributed by atoms with E-state index in [2.05, 4.69) is 50.0 Å². The molecule has 1 aliphatic heterocycles. The van der Waals surface area contributed by atoms with E-state index in [-0.39, 0.29) is 5.54 Å². The zero-order chi connectivity index (χ0) is 14.0. The number of halogens is 1. The van der Waals surface area contributed by atoms with Gasteiger partial charge in [0, 0.05) is 36.2 Å². The summed E-state index contributed by atoms with van der Waals surface area (Å²) in [5, 5.41) is 4.48. The van der Waals surface area contributed by atoms with Gasteiger partial charge in [-0.1, -0.05) is 37.6 Å². The zero-order valence-corrected chi connectivity index (χ0v) is 13.2. The quantitative estimate of drug-likeness (QED) is 0.911. The Morgan fingerprint density at radius 1 is 1.42 bits per heavy atom. The summed E-state index contributed by atoms with van der Waals surface area (Å²) in [6.07, 6.45) is 0. The van der Waals surface area contributed by atoms with E-state index < -0.39 is 0 Å². The molecule has 0 aliphatic carbocycles. The molecule has 1 atom stereocenters. The highest BCUT2D eigenvalue weighted by Crippen LogP contribution is 2.23. The molecule has 1 saturated heterocycles. The molecule has 1 N–H and O–H groups in total. The summed E-state index contributed by atoms with van der Waals surface area (Å²) in [7, 11) is 0. The Balaban J connectivity index is 2.13. The van der Waals surface area contributed by atoms with Gasteiger partial charge in [0.05, 0.1) is 0 Å². The molecule has 19 heavy (non-hydrogen) atoms. The fourth-order valence-electron chi connectivity index (χ4n) is 2.89. The van der Waals surface area contributed by atoms with Gasteiger partial charge in [-0.25, -0.2) is 0 Å². The van der Waals surface area contributed by atoms with Crippen LogP contribution in [-0.2, 0) is 6.54 Å². The molecule has 1 aliphatic rings. The molecule has 1 unspecified atom stereocenters. The fourth-order valence-corrected chi connectivity index (χ4v) is 3.10. The van der Waals surface area contributed by atoms with Gasteiger partial charge in [-0.05, 0) is 37.5 Å².